The Balaban J connectivity index is 1.75. The van der Waals surface area contributed by atoms with Crippen LogP contribution < -0.4 is 0 Å². The Morgan fingerprint density at radius 1 is 0.774 bits per heavy atom. The van der Waals surface area contributed by atoms with E-state index in [1.165, 1.54) is 38.2 Å². The highest BCUT2D eigenvalue weighted by Gasteiger charge is 2.88. The SMILES string of the molecule is CCC1CCC(=O)O[C@H]2[C@H](OC(C)=O)[C@H](OC(=O)c3ccccc3)[C@@]3(COC(C)=O)[C@H](OC(C)=O)[C@H](OC(C)=O)[C@@H]4[C@@H](OC(C)=O)[C@]3(O[C@]4(C)COC(=O)c3cccnc31)[C@@H]2C. The molecule has 1 aromatic carbocycles. The molecule has 0 radical (unpaired) electrons. The van der Waals surface area contributed by atoms with Crippen LogP contribution in [0.2, 0.25) is 0 Å². The number of carbonyl (C=O) groups excluding carboxylic acids is 8. The zero-order valence-electron chi connectivity index (χ0n) is 35.7. The molecular weight excluding hydrogens is 814 g/mol. The molecule has 18 heteroatoms. The third-order valence-corrected chi connectivity index (χ3v) is 12.4. The molecule has 1 aromatic heterocycles. The first-order valence-corrected chi connectivity index (χ1v) is 20.4. The summed E-state index contributed by atoms with van der Waals surface area (Å²) < 4.78 is 56.3. The first-order chi connectivity index (χ1) is 29.3. The maximum atomic E-state index is 14.4. The summed E-state index contributed by atoms with van der Waals surface area (Å²) in [6, 6.07) is 10.7. The van der Waals surface area contributed by atoms with Crippen molar-refractivity contribution in [3.05, 3.63) is 65.5 Å². The normalized spacial score (nSPS) is 33.8. The molecule has 0 amide bonds. The molecule has 3 fully saturated rings. The number of benzene rings is 1. The van der Waals surface area contributed by atoms with Gasteiger partial charge in [0.2, 0.25) is 0 Å². The third kappa shape index (κ3) is 8.11. The summed E-state index contributed by atoms with van der Waals surface area (Å²) in [4.78, 5) is 114. The minimum absolute atomic E-state index is 0.00927. The first kappa shape index (κ1) is 45.6. The van der Waals surface area contributed by atoms with Crippen LogP contribution in [-0.4, -0.2) is 114 Å². The summed E-state index contributed by atoms with van der Waals surface area (Å²) in [5.74, 6) is -10.4. The number of aromatic nitrogens is 1. The number of rotatable bonds is 9. The first-order valence-electron chi connectivity index (χ1n) is 20.4. The fourth-order valence-electron chi connectivity index (χ4n) is 10.1. The summed E-state index contributed by atoms with van der Waals surface area (Å²) in [7, 11) is 0. The second-order valence-corrected chi connectivity index (χ2v) is 16.4. The largest absolute Gasteiger partial charge is 0.465 e. The van der Waals surface area contributed by atoms with E-state index in [9.17, 15) is 38.4 Å². The number of fused-ring (bicyclic) bond motifs is 5. The van der Waals surface area contributed by atoms with Crippen molar-refractivity contribution in [1.82, 2.24) is 4.98 Å². The van der Waals surface area contributed by atoms with Gasteiger partial charge in [-0.25, -0.2) is 9.59 Å². The topological polar surface area (TPSA) is 233 Å². The smallest absolute Gasteiger partial charge is 0.340 e. The van der Waals surface area contributed by atoms with E-state index >= 15 is 0 Å². The van der Waals surface area contributed by atoms with Gasteiger partial charge in [-0.15, -0.1) is 0 Å². The quantitative estimate of drug-likeness (QED) is 0.258. The van der Waals surface area contributed by atoms with Crippen LogP contribution in [0.4, 0.5) is 0 Å². The molecule has 1 saturated heterocycles. The van der Waals surface area contributed by atoms with Crippen molar-refractivity contribution in [2.75, 3.05) is 13.2 Å². The van der Waals surface area contributed by atoms with Gasteiger partial charge in [-0.1, -0.05) is 32.0 Å². The van der Waals surface area contributed by atoms with Crippen molar-refractivity contribution >= 4 is 47.8 Å². The van der Waals surface area contributed by atoms with Gasteiger partial charge >= 0.3 is 47.8 Å². The monoisotopic (exact) mass is 865 g/mol. The molecule has 2 saturated carbocycles. The number of cyclic esters (lactones) is 1. The molecule has 1 unspecified atom stereocenters. The van der Waals surface area contributed by atoms with Crippen molar-refractivity contribution in [3.63, 3.8) is 0 Å². The second kappa shape index (κ2) is 17.8. The lowest BCUT2D eigenvalue weighted by Crippen LogP contribution is -2.84. The number of ether oxygens (including phenoxy) is 9. The van der Waals surface area contributed by atoms with Gasteiger partial charge in [0.25, 0.3) is 0 Å². The van der Waals surface area contributed by atoms with E-state index in [1.807, 2.05) is 6.92 Å². The summed E-state index contributed by atoms with van der Waals surface area (Å²) in [6.07, 6.45) is -8.76. The van der Waals surface area contributed by atoms with Crippen LogP contribution in [-0.2, 0) is 71.4 Å². The molecule has 3 heterocycles. The fraction of sp³-hybridized carbons (Fsp3) is 0.568. The number of hydrogen-bond acceptors (Lipinski definition) is 18. The van der Waals surface area contributed by atoms with Crippen LogP contribution in [0.15, 0.2) is 48.7 Å². The predicted molar refractivity (Wildman–Crippen MR) is 208 cm³/mol. The Morgan fingerprint density at radius 2 is 1.39 bits per heavy atom. The van der Waals surface area contributed by atoms with E-state index in [2.05, 4.69) is 4.98 Å². The molecule has 4 aliphatic rings. The Labute approximate surface area is 357 Å². The van der Waals surface area contributed by atoms with Gasteiger partial charge in [-0.2, -0.15) is 0 Å². The zero-order chi connectivity index (χ0) is 45.3. The molecule has 12 atom stereocenters. The predicted octanol–water partition coefficient (Wildman–Crippen LogP) is 3.75. The standard InChI is InChI=1S/C44H51NO17/c1-9-28-17-18-31(51)60-34-22(2)44-37(58-26(6)49)32(42(8,62-44)20-55-41(53)30-16-13-19-45-33(28)30)35(56-24(4)47)38(59-27(7)50)43(44,21-54-23(3)46)39(36(34)57-25(5)48)61-40(52)29-14-11-10-12-15-29/h10-16,19,22,28,32,34-39H,9,17-18,20-21H2,1-8H3/t22-,28?,32-,34-,35-,36+,37-,38-,39+,42-,43-,44-/m1/s1. The molecule has 6 rings (SSSR count). The van der Waals surface area contributed by atoms with Gasteiger partial charge in [0, 0.05) is 59.1 Å². The minimum atomic E-state index is -2.38. The lowest BCUT2D eigenvalue weighted by atomic mass is 9.46. The molecule has 0 N–H and O–H groups in total. The summed E-state index contributed by atoms with van der Waals surface area (Å²) in [6.45, 7) is 8.71. The van der Waals surface area contributed by atoms with E-state index in [4.69, 9.17) is 42.6 Å². The molecule has 2 aromatic rings. The van der Waals surface area contributed by atoms with Crippen molar-refractivity contribution in [2.24, 2.45) is 17.3 Å². The van der Waals surface area contributed by atoms with Crippen LogP contribution in [0.1, 0.15) is 107 Å². The Bertz CT molecular complexity index is 2110. The molecule has 18 nitrogen and oxygen atoms in total. The molecule has 62 heavy (non-hydrogen) atoms. The molecule has 334 valence electrons. The van der Waals surface area contributed by atoms with Gasteiger partial charge in [-0.3, -0.25) is 33.8 Å². The van der Waals surface area contributed by atoms with Gasteiger partial charge in [-0.05, 0) is 44.0 Å². The summed E-state index contributed by atoms with van der Waals surface area (Å²) >= 11 is 0. The van der Waals surface area contributed by atoms with Crippen LogP contribution in [0, 0.1) is 17.3 Å². The third-order valence-electron chi connectivity index (χ3n) is 12.4. The Kier molecular flexibility index (Phi) is 13.1. The van der Waals surface area contributed by atoms with Gasteiger partial charge < -0.3 is 42.6 Å². The zero-order valence-corrected chi connectivity index (χ0v) is 35.7. The van der Waals surface area contributed by atoms with Crippen LogP contribution >= 0.6 is 0 Å². The number of pyridine rings is 1. The van der Waals surface area contributed by atoms with Crippen LogP contribution in [0.3, 0.4) is 0 Å². The lowest BCUT2D eigenvalue weighted by molar-refractivity contribution is -0.347. The summed E-state index contributed by atoms with van der Waals surface area (Å²) in [5, 5.41) is 0. The maximum absolute atomic E-state index is 14.4. The van der Waals surface area contributed by atoms with E-state index < -0.39 is 132 Å². The van der Waals surface area contributed by atoms with E-state index in [0.717, 1.165) is 34.6 Å². The highest BCUT2D eigenvalue weighted by atomic mass is 16.7. The molecule has 2 aliphatic heterocycles. The highest BCUT2D eigenvalue weighted by Crippen LogP contribution is 2.69. The Hall–Kier alpha value is -5.91. The van der Waals surface area contributed by atoms with E-state index in [0.29, 0.717) is 12.1 Å². The molecule has 2 aliphatic carbocycles. The van der Waals surface area contributed by atoms with E-state index in [-0.39, 0.29) is 24.0 Å². The van der Waals surface area contributed by atoms with Crippen molar-refractivity contribution in [3.8, 4) is 0 Å². The number of nitrogens with zero attached hydrogens (tertiary/aromatic N) is 1. The van der Waals surface area contributed by atoms with Crippen LogP contribution in [0.5, 0.6) is 0 Å². The van der Waals surface area contributed by atoms with Crippen molar-refractivity contribution < 1.29 is 81.0 Å². The number of esters is 8. The van der Waals surface area contributed by atoms with E-state index in [1.54, 1.807) is 24.3 Å². The van der Waals surface area contributed by atoms with Crippen molar-refractivity contribution in [1.29, 1.82) is 0 Å². The second-order valence-electron chi connectivity index (χ2n) is 16.4. The fourth-order valence-corrected chi connectivity index (χ4v) is 10.1. The number of hydrogen-bond donors (Lipinski definition) is 0. The minimum Gasteiger partial charge on any atom is -0.465 e. The highest BCUT2D eigenvalue weighted by molar-refractivity contribution is 5.91. The Morgan fingerprint density at radius 3 is 2.00 bits per heavy atom. The maximum Gasteiger partial charge on any atom is 0.340 e. The average molecular weight is 866 g/mol. The lowest BCUT2D eigenvalue weighted by Gasteiger charge is -2.65. The van der Waals surface area contributed by atoms with Gasteiger partial charge in [0.15, 0.2) is 18.3 Å². The van der Waals surface area contributed by atoms with Gasteiger partial charge in [0.1, 0.15) is 48.1 Å². The average Bonchev–Trinajstić information content (AvgIpc) is 3.42. The molecule has 1 spiro atoms. The van der Waals surface area contributed by atoms with Crippen LogP contribution in [0.25, 0.3) is 0 Å². The molecular formula is C44H51NO17. The van der Waals surface area contributed by atoms with Crippen molar-refractivity contribution in [2.45, 2.75) is 128 Å². The molecule has 4 bridgehead atoms. The summed E-state index contributed by atoms with van der Waals surface area (Å²) in [5.41, 5.74) is -6.11. The van der Waals surface area contributed by atoms with Gasteiger partial charge in [0.05, 0.1) is 22.7 Å². The number of carbonyl (C=O) groups is 8.